The lowest BCUT2D eigenvalue weighted by Crippen LogP contribution is -2.08. The molecule has 3 nitrogen and oxygen atoms in total. The summed E-state index contributed by atoms with van der Waals surface area (Å²) < 4.78 is 5.75. The maximum Gasteiger partial charge on any atom is 0.144 e. The molecule has 0 aliphatic heterocycles. The van der Waals surface area contributed by atoms with Crippen molar-refractivity contribution in [3.8, 4) is 0 Å². The first-order valence-corrected chi connectivity index (χ1v) is 7.59. The molecule has 0 saturated carbocycles. The third-order valence-electron chi connectivity index (χ3n) is 3.33. The van der Waals surface area contributed by atoms with Gasteiger partial charge in [-0.25, -0.2) is 0 Å². The molecule has 108 valence electrons. The first-order valence-electron chi connectivity index (χ1n) is 7.59. The van der Waals surface area contributed by atoms with Gasteiger partial charge in [0, 0.05) is 0 Å². The Morgan fingerprint density at radius 1 is 1.21 bits per heavy atom. The Balaban J connectivity index is 2.67. The molecule has 0 amide bonds. The molecule has 0 fully saturated rings. The molecular weight excluding hydrogens is 238 g/mol. The zero-order valence-electron chi connectivity index (χ0n) is 12.1. The van der Waals surface area contributed by atoms with Crippen molar-refractivity contribution in [1.82, 2.24) is 0 Å². The van der Waals surface area contributed by atoms with Crippen LogP contribution in [0.4, 0.5) is 0 Å². The molecule has 0 atom stereocenters. The van der Waals surface area contributed by atoms with Crippen molar-refractivity contribution >= 4 is 5.71 Å². The van der Waals surface area contributed by atoms with Gasteiger partial charge in [-0.3, -0.25) is 0 Å². The first kappa shape index (κ1) is 15.8. The fourth-order valence-corrected chi connectivity index (χ4v) is 2.11. The van der Waals surface area contributed by atoms with Crippen LogP contribution in [0.1, 0.15) is 64.7 Å². The van der Waals surface area contributed by atoms with Crippen LogP contribution in [0, 0.1) is 0 Å². The first-order chi connectivity index (χ1) is 9.38. The molecule has 0 spiro atoms. The molecule has 0 radical (unpaired) electrons. The Labute approximate surface area is 117 Å². The quantitative estimate of drug-likeness (QED) is 0.450. The van der Waals surface area contributed by atoms with Gasteiger partial charge in [0.2, 0.25) is 0 Å². The Hall–Kier alpha value is -1.25. The second-order valence-corrected chi connectivity index (χ2v) is 5.01. The van der Waals surface area contributed by atoms with E-state index in [2.05, 4.69) is 18.2 Å². The summed E-state index contributed by atoms with van der Waals surface area (Å²) >= 11 is 0. The van der Waals surface area contributed by atoms with Gasteiger partial charge in [-0.05, 0) is 38.2 Å². The van der Waals surface area contributed by atoms with E-state index in [-0.39, 0.29) is 0 Å². The van der Waals surface area contributed by atoms with E-state index in [1.807, 2.05) is 12.2 Å². The van der Waals surface area contributed by atoms with Crippen molar-refractivity contribution in [1.29, 1.82) is 0 Å². The van der Waals surface area contributed by atoms with E-state index in [0.717, 1.165) is 37.9 Å². The van der Waals surface area contributed by atoms with Crippen LogP contribution in [-0.2, 0) is 4.74 Å². The van der Waals surface area contributed by atoms with Gasteiger partial charge in [-0.15, -0.1) is 0 Å². The molecule has 1 rings (SSSR count). The van der Waals surface area contributed by atoms with E-state index >= 15 is 0 Å². The second-order valence-electron chi connectivity index (χ2n) is 5.01. The fourth-order valence-electron chi connectivity index (χ4n) is 2.11. The van der Waals surface area contributed by atoms with Gasteiger partial charge < -0.3 is 9.94 Å². The average Bonchev–Trinajstić information content (AvgIpc) is 2.41. The minimum Gasteiger partial charge on any atom is -0.492 e. The van der Waals surface area contributed by atoms with Gasteiger partial charge in [0.1, 0.15) is 11.5 Å². The van der Waals surface area contributed by atoms with E-state index < -0.39 is 0 Å². The highest BCUT2D eigenvalue weighted by Gasteiger charge is 2.09. The summed E-state index contributed by atoms with van der Waals surface area (Å²) in [6.45, 7) is 2.83. The van der Waals surface area contributed by atoms with Crippen molar-refractivity contribution in [2.75, 3.05) is 6.61 Å². The van der Waals surface area contributed by atoms with Crippen molar-refractivity contribution in [3.05, 3.63) is 24.0 Å². The lowest BCUT2D eigenvalue weighted by molar-refractivity contribution is 0.221. The number of oxime groups is 1. The van der Waals surface area contributed by atoms with Gasteiger partial charge >= 0.3 is 0 Å². The number of nitrogens with zero attached hydrogens (tertiary/aromatic N) is 1. The second kappa shape index (κ2) is 10.7. The molecule has 0 bridgehead atoms. The molecule has 0 aromatic heterocycles. The predicted octanol–water partition coefficient (Wildman–Crippen LogP) is 4.82. The average molecular weight is 265 g/mol. The Bertz CT molecular complexity index is 319. The van der Waals surface area contributed by atoms with Crippen molar-refractivity contribution in [3.63, 3.8) is 0 Å². The van der Waals surface area contributed by atoms with E-state index in [0.29, 0.717) is 12.3 Å². The molecule has 0 aromatic carbocycles. The summed E-state index contributed by atoms with van der Waals surface area (Å²) in [6.07, 6.45) is 16.3. The van der Waals surface area contributed by atoms with E-state index in [1.165, 1.54) is 25.7 Å². The molecule has 3 heteroatoms. The fraction of sp³-hybridized carbons (Fsp3) is 0.688. The van der Waals surface area contributed by atoms with Crippen LogP contribution in [0.3, 0.4) is 0 Å². The molecular formula is C16H27NO2. The number of rotatable bonds is 4. The van der Waals surface area contributed by atoms with Crippen LogP contribution in [-0.4, -0.2) is 17.5 Å². The van der Waals surface area contributed by atoms with Crippen LogP contribution in [0.15, 0.2) is 29.1 Å². The third kappa shape index (κ3) is 7.04. The Kier molecular flexibility index (Phi) is 8.86. The maximum atomic E-state index is 9.17. The van der Waals surface area contributed by atoms with Crippen LogP contribution < -0.4 is 0 Å². The SMILES string of the molecule is CCCCO/C1=C\C=C/CCCCCCCC1=NO. The van der Waals surface area contributed by atoms with Gasteiger partial charge in [0.25, 0.3) is 0 Å². The summed E-state index contributed by atoms with van der Waals surface area (Å²) in [5.41, 5.74) is 0.682. The van der Waals surface area contributed by atoms with Gasteiger partial charge in [0.15, 0.2) is 0 Å². The van der Waals surface area contributed by atoms with Crippen LogP contribution in [0.2, 0.25) is 0 Å². The number of hydrogen-bond donors (Lipinski definition) is 1. The highest BCUT2D eigenvalue weighted by Crippen LogP contribution is 2.14. The maximum absolute atomic E-state index is 9.17. The number of unbranched alkanes of at least 4 members (excludes halogenated alkanes) is 1. The smallest absolute Gasteiger partial charge is 0.144 e. The van der Waals surface area contributed by atoms with E-state index in [1.54, 1.807) is 0 Å². The molecule has 19 heavy (non-hydrogen) atoms. The molecule has 0 heterocycles. The number of allylic oxidation sites excluding steroid dienone is 4. The van der Waals surface area contributed by atoms with Gasteiger partial charge in [-0.2, -0.15) is 0 Å². The zero-order valence-corrected chi connectivity index (χ0v) is 12.1. The normalized spacial score (nSPS) is 24.9. The lowest BCUT2D eigenvalue weighted by atomic mass is 10.0. The van der Waals surface area contributed by atoms with Crippen molar-refractivity contribution < 1.29 is 9.94 Å². The Morgan fingerprint density at radius 2 is 2.00 bits per heavy atom. The molecule has 1 aliphatic carbocycles. The van der Waals surface area contributed by atoms with Crippen molar-refractivity contribution in [2.45, 2.75) is 64.7 Å². The highest BCUT2D eigenvalue weighted by molar-refractivity contribution is 5.98. The highest BCUT2D eigenvalue weighted by atomic mass is 16.5. The lowest BCUT2D eigenvalue weighted by Gasteiger charge is -2.11. The molecule has 0 unspecified atom stereocenters. The monoisotopic (exact) mass is 265 g/mol. The molecule has 1 aliphatic rings. The minimum atomic E-state index is 0.682. The van der Waals surface area contributed by atoms with Crippen LogP contribution >= 0.6 is 0 Å². The topological polar surface area (TPSA) is 41.8 Å². The number of ether oxygens (including phenoxy) is 1. The van der Waals surface area contributed by atoms with Crippen molar-refractivity contribution in [2.24, 2.45) is 5.16 Å². The third-order valence-corrected chi connectivity index (χ3v) is 3.33. The summed E-state index contributed by atoms with van der Waals surface area (Å²) in [5.74, 6) is 0.729. The van der Waals surface area contributed by atoms with Crippen LogP contribution in [0.5, 0.6) is 0 Å². The Morgan fingerprint density at radius 3 is 2.79 bits per heavy atom. The molecule has 0 aromatic rings. The zero-order chi connectivity index (χ0) is 13.8. The van der Waals surface area contributed by atoms with E-state index in [9.17, 15) is 0 Å². The molecule has 0 saturated heterocycles. The minimum absolute atomic E-state index is 0.682. The summed E-state index contributed by atoms with van der Waals surface area (Å²) in [7, 11) is 0. The summed E-state index contributed by atoms with van der Waals surface area (Å²) in [6, 6.07) is 0. The summed E-state index contributed by atoms with van der Waals surface area (Å²) in [5, 5.41) is 12.6. The van der Waals surface area contributed by atoms with Gasteiger partial charge in [-0.1, -0.05) is 49.9 Å². The van der Waals surface area contributed by atoms with E-state index in [4.69, 9.17) is 9.94 Å². The molecule has 1 N–H and O–H groups in total. The summed E-state index contributed by atoms with van der Waals surface area (Å²) in [4.78, 5) is 0. The largest absolute Gasteiger partial charge is 0.492 e. The van der Waals surface area contributed by atoms with Gasteiger partial charge in [0.05, 0.1) is 6.61 Å². The number of hydrogen-bond acceptors (Lipinski definition) is 3. The predicted molar refractivity (Wildman–Crippen MR) is 79.6 cm³/mol. The standard InChI is InChI=1S/C16H27NO2/c1-2-3-14-19-16-13-11-9-7-5-4-6-8-10-12-15(16)17-18/h9,11,13,18H,2-8,10,12,14H2,1H3/b11-9-,16-13-,17-15?. The van der Waals surface area contributed by atoms with Crippen LogP contribution in [0.25, 0.3) is 0 Å².